The van der Waals surface area contributed by atoms with Crippen LogP contribution in [0.3, 0.4) is 0 Å². The van der Waals surface area contributed by atoms with E-state index in [1.54, 1.807) is 18.2 Å². The number of carbonyl (C=O) groups is 2. The van der Waals surface area contributed by atoms with E-state index in [2.05, 4.69) is 0 Å². The van der Waals surface area contributed by atoms with E-state index in [0.717, 1.165) is 5.56 Å². The summed E-state index contributed by atoms with van der Waals surface area (Å²) in [7, 11) is 0. The van der Waals surface area contributed by atoms with Crippen molar-refractivity contribution in [2.24, 2.45) is 5.41 Å². The van der Waals surface area contributed by atoms with Gasteiger partial charge in [0, 0.05) is 12.8 Å². The molecule has 116 valence electrons. The number of aliphatic carboxylic acids is 2. The highest BCUT2D eigenvalue weighted by atomic mass is 16.5. The molecule has 0 aliphatic heterocycles. The lowest BCUT2D eigenvalue weighted by molar-refractivity contribution is -0.147. The first kappa shape index (κ1) is 15.8. The summed E-state index contributed by atoms with van der Waals surface area (Å²) >= 11 is 0. The molecule has 0 heterocycles. The first-order valence-electron chi connectivity index (χ1n) is 7.02. The van der Waals surface area contributed by atoms with E-state index in [9.17, 15) is 14.7 Å². The first-order chi connectivity index (χ1) is 10.5. The molecule has 5 heteroatoms. The maximum Gasteiger partial charge on any atom is 0.313 e. The Hall–Kier alpha value is -2.56. The maximum atomic E-state index is 11.6. The molecule has 2 N–H and O–H groups in total. The molecule has 2 rings (SSSR count). The predicted molar refractivity (Wildman–Crippen MR) is 80.0 cm³/mol. The Labute approximate surface area is 128 Å². The number of ether oxygens (including phenoxy) is 1. The standard InChI is InChI=1S/C17H18O5/c18-15(19)8-10-17(16(20)21)9-4-7-14(11-17)22-12-13-5-2-1-3-6-13/h1-7,9H,8,10-12H2,(H,18,19)(H,20,21). The molecule has 22 heavy (non-hydrogen) atoms. The molecule has 0 aromatic heterocycles. The third-order valence-electron chi connectivity index (χ3n) is 3.67. The maximum absolute atomic E-state index is 11.6. The summed E-state index contributed by atoms with van der Waals surface area (Å²) in [6.07, 6.45) is 4.92. The van der Waals surface area contributed by atoms with Crippen LogP contribution in [0, 0.1) is 5.41 Å². The summed E-state index contributed by atoms with van der Waals surface area (Å²) in [5, 5.41) is 18.3. The molecular weight excluding hydrogens is 284 g/mol. The van der Waals surface area contributed by atoms with Crippen LogP contribution in [-0.4, -0.2) is 22.2 Å². The molecule has 1 atom stereocenters. The average molecular weight is 302 g/mol. The largest absolute Gasteiger partial charge is 0.493 e. The minimum Gasteiger partial charge on any atom is -0.493 e. The zero-order chi connectivity index (χ0) is 16.0. The van der Waals surface area contributed by atoms with Gasteiger partial charge in [0.15, 0.2) is 0 Å². The normalized spacial score (nSPS) is 20.3. The molecule has 0 spiro atoms. The number of carboxylic acid groups (broad SMARTS) is 2. The van der Waals surface area contributed by atoms with Crippen molar-refractivity contribution >= 4 is 11.9 Å². The second-order valence-corrected chi connectivity index (χ2v) is 5.30. The van der Waals surface area contributed by atoms with Gasteiger partial charge in [-0.2, -0.15) is 0 Å². The summed E-state index contributed by atoms with van der Waals surface area (Å²) < 4.78 is 5.68. The molecule has 0 fully saturated rings. The summed E-state index contributed by atoms with van der Waals surface area (Å²) in [4.78, 5) is 22.3. The van der Waals surface area contributed by atoms with Crippen molar-refractivity contribution in [3.8, 4) is 0 Å². The van der Waals surface area contributed by atoms with E-state index >= 15 is 0 Å². The van der Waals surface area contributed by atoms with Gasteiger partial charge in [0.2, 0.25) is 0 Å². The van der Waals surface area contributed by atoms with Crippen molar-refractivity contribution < 1.29 is 24.5 Å². The minimum atomic E-state index is -1.21. The molecule has 5 nitrogen and oxygen atoms in total. The lowest BCUT2D eigenvalue weighted by Gasteiger charge is -2.29. The molecule has 1 aliphatic carbocycles. The van der Waals surface area contributed by atoms with Crippen molar-refractivity contribution in [2.75, 3.05) is 0 Å². The second kappa shape index (κ2) is 6.93. The highest BCUT2D eigenvalue weighted by molar-refractivity contribution is 5.79. The van der Waals surface area contributed by atoms with Gasteiger partial charge in [0.1, 0.15) is 6.61 Å². The van der Waals surface area contributed by atoms with Crippen molar-refractivity contribution in [1.82, 2.24) is 0 Å². The quantitative estimate of drug-likeness (QED) is 0.809. The molecule has 0 saturated heterocycles. The van der Waals surface area contributed by atoms with Crippen LogP contribution in [0.25, 0.3) is 0 Å². The van der Waals surface area contributed by atoms with Crippen molar-refractivity contribution in [1.29, 1.82) is 0 Å². The van der Waals surface area contributed by atoms with Crippen LogP contribution in [0.5, 0.6) is 0 Å². The number of hydrogen-bond donors (Lipinski definition) is 2. The molecule has 0 amide bonds. The van der Waals surface area contributed by atoms with Gasteiger partial charge in [0.05, 0.1) is 11.2 Å². The highest BCUT2D eigenvalue weighted by Crippen LogP contribution is 2.37. The molecule has 1 aliphatic rings. The summed E-state index contributed by atoms with van der Waals surface area (Å²) in [6, 6.07) is 9.57. The predicted octanol–water partition coefficient (Wildman–Crippen LogP) is 2.98. The first-order valence-corrected chi connectivity index (χ1v) is 7.02. The highest BCUT2D eigenvalue weighted by Gasteiger charge is 2.38. The number of allylic oxidation sites excluding steroid dienone is 3. The molecule has 0 radical (unpaired) electrons. The Morgan fingerprint density at radius 1 is 1.18 bits per heavy atom. The third kappa shape index (κ3) is 3.97. The van der Waals surface area contributed by atoms with Crippen LogP contribution in [0.15, 0.2) is 54.3 Å². The van der Waals surface area contributed by atoms with Gasteiger partial charge in [-0.05, 0) is 18.1 Å². The number of rotatable bonds is 7. The summed E-state index contributed by atoms with van der Waals surface area (Å²) in [6.45, 7) is 0.356. The Bertz CT molecular complexity index is 603. The number of carboxylic acids is 2. The van der Waals surface area contributed by atoms with Gasteiger partial charge in [-0.3, -0.25) is 9.59 Å². The zero-order valence-electron chi connectivity index (χ0n) is 12.1. The Morgan fingerprint density at radius 2 is 1.91 bits per heavy atom. The van der Waals surface area contributed by atoms with Crippen LogP contribution in [0.1, 0.15) is 24.8 Å². The fraction of sp³-hybridized carbons (Fsp3) is 0.294. The van der Waals surface area contributed by atoms with Crippen LogP contribution >= 0.6 is 0 Å². The fourth-order valence-corrected chi connectivity index (χ4v) is 2.37. The second-order valence-electron chi connectivity index (χ2n) is 5.30. The van der Waals surface area contributed by atoms with Gasteiger partial charge < -0.3 is 14.9 Å². The van der Waals surface area contributed by atoms with E-state index in [1.165, 1.54) is 0 Å². The van der Waals surface area contributed by atoms with E-state index < -0.39 is 17.4 Å². The van der Waals surface area contributed by atoms with Crippen molar-refractivity contribution in [3.05, 3.63) is 59.9 Å². The third-order valence-corrected chi connectivity index (χ3v) is 3.67. The SMILES string of the molecule is O=C(O)CCC1(C(=O)O)C=CC=C(OCc2ccccc2)C1. The molecule has 0 bridgehead atoms. The average Bonchev–Trinajstić information content (AvgIpc) is 2.52. The van der Waals surface area contributed by atoms with E-state index in [0.29, 0.717) is 12.4 Å². The van der Waals surface area contributed by atoms with Gasteiger partial charge in [-0.25, -0.2) is 0 Å². The lowest BCUT2D eigenvalue weighted by Crippen LogP contribution is -2.32. The topological polar surface area (TPSA) is 83.8 Å². The smallest absolute Gasteiger partial charge is 0.313 e. The fourth-order valence-electron chi connectivity index (χ4n) is 2.37. The molecule has 1 aromatic carbocycles. The Kier molecular flexibility index (Phi) is 4.99. The molecular formula is C17H18O5. The van der Waals surface area contributed by atoms with E-state index in [4.69, 9.17) is 9.84 Å². The zero-order valence-corrected chi connectivity index (χ0v) is 12.1. The van der Waals surface area contributed by atoms with E-state index in [1.807, 2.05) is 30.3 Å². The van der Waals surface area contributed by atoms with Crippen LogP contribution < -0.4 is 0 Å². The van der Waals surface area contributed by atoms with Crippen molar-refractivity contribution in [3.63, 3.8) is 0 Å². The van der Waals surface area contributed by atoms with Gasteiger partial charge in [-0.1, -0.05) is 42.5 Å². The number of hydrogen-bond acceptors (Lipinski definition) is 3. The summed E-state index contributed by atoms with van der Waals surface area (Å²) in [5.74, 6) is -1.48. The summed E-state index contributed by atoms with van der Waals surface area (Å²) in [5.41, 5.74) is -0.219. The van der Waals surface area contributed by atoms with Crippen molar-refractivity contribution in [2.45, 2.75) is 25.9 Å². The molecule has 1 aromatic rings. The van der Waals surface area contributed by atoms with E-state index in [-0.39, 0.29) is 19.3 Å². The molecule has 1 unspecified atom stereocenters. The molecule has 0 saturated carbocycles. The Balaban J connectivity index is 2.02. The number of benzene rings is 1. The minimum absolute atomic E-state index is 0.0419. The van der Waals surface area contributed by atoms with Crippen LogP contribution in [0.2, 0.25) is 0 Å². The van der Waals surface area contributed by atoms with Gasteiger partial charge >= 0.3 is 11.9 Å². The lowest BCUT2D eigenvalue weighted by atomic mass is 9.77. The van der Waals surface area contributed by atoms with Crippen LogP contribution in [0.4, 0.5) is 0 Å². The van der Waals surface area contributed by atoms with Gasteiger partial charge in [0.25, 0.3) is 0 Å². The van der Waals surface area contributed by atoms with Crippen LogP contribution in [-0.2, 0) is 20.9 Å². The van der Waals surface area contributed by atoms with Gasteiger partial charge in [-0.15, -0.1) is 0 Å². The Morgan fingerprint density at radius 3 is 2.55 bits per heavy atom. The monoisotopic (exact) mass is 302 g/mol.